The van der Waals surface area contributed by atoms with Gasteiger partial charge >= 0.3 is 6.09 Å². The van der Waals surface area contributed by atoms with Gasteiger partial charge in [0.05, 0.1) is 17.7 Å². The lowest BCUT2D eigenvalue weighted by atomic mass is 9.63. The van der Waals surface area contributed by atoms with Crippen LogP contribution in [-0.2, 0) is 25.4 Å². The van der Waals surface area contributed by atoms with E-state index >= 15 is 0 Å². The maximum absolute atomic E-state index is 14.6. The van der Waals surface area contributed by atoms with Crippen molar-refractivity contribution in [1.82, 2.24) is 0 Å². The molecule has 0 unspecified atom stereocenters. The van der Waals surface area contributed by atoms with Crippen LogP contribution in [0.2, 0.25) is 0 Å². The Morgan fingerprint density at radius 2 is 1.95 bits per heavy atom. The standard InChI is InChI=1S/C32H39NO6/c1-18-16-31-13-12-22-24(29(22,2)3)21(25(31)34)15-20-17-37-30(4,5)39-27(20)32(31,36)26(18)38-28(35)33-14-8-10-19-9-6-7-11-23(19)33/h6-7,9,11,15-16,21-22,24,26-27,36H,8,10,12-14,17H2,1-5H3/t21-,22+,24+,26-,27+,31+,32+/m0/s1. The van der Waals surface area contributed by atoms with Gasteiger partial charge in [-0.05, 0) is 86.5 Å². The van der Waals surface area contributed by atoms with Gasteiger partial charge in [-0.2, -0.15) is 0 Å². The largest absolute Gasteiger partial charge is 0.438 e. The number of rotatable bonds is 1. The molecule has 1 amide bonds. The second-order valence-electron chi connectivity index (χ2n) is 13.6. The molecule has 7 nitrogen and oxygen atoms in total. The molecule has 2 aliphatic heterocycles. The molecule has 3 fully saturated rings. The minimum absolute atomic E-state index is 0.0209. The van der Waals surface area contributed by atoms with E-state index in [9.17, 15) is 14.7 Å². The van der Waals surface area contributed by atoms with E-state index in [2.05, 4.69) is 13.8 Å². The number of para-hydroxylation sites is 1. The Labute approximate surface area is 230 Å². The van der Waals surface area contributed by atoms with Crippen LogP contribution in [0.5, 0.6) is 0 Å². The van der Waals surface area contributed by atoms with E-state index in [0.717, 1.165) is 36.1 Å². The first-order valence-electron chi connectivity index (χ1n) is 14.5. The Hall–Kier alpha value is -2.48. The van der Waals surface area contributed by atoms with Crippen LogP contribution in [0.25, 0.3) is 0 Å². The first-order chi connectivity index (χ1) is 18.4. The highest BCUT2D eigenvalue weighted by Crippen LogP contribution is 2.71. The van der Waals surface area contributed by atoms with Crippen molar-refractivity contribution in [3.8, 4) is 0 Å². The summed E-state index contributed by atoms with van der Waals surface area (Å²) in [4.78, 5) is 30.1. The summed E-state index contributed by atoms with van der Waals surface area (Å²) in [6.45, 7) is 10.8. The van der Waals surface area contributed by atoms with Crippen LogP contribution >= 0.6 is 0 Å². The average molecular weight is 534 g/mol. The van der Waals surface area contributed by atoms with Crippen molar-refractivity contribution in [2.75, 3.05) is 18.1 Å². The van der Waals surface area contributed by atoms with E-state index in [1.807, 2.05) is 57.2 Å². The zero-order valence-corrected chi connectivity index (χ0v) is 23.5. The first kappa shape index (κ1) is 25.5. The number of allylic oxidation sites excluding steroid dienone is 1. The van der Waals surface area contributed by atoms with E-state index in [-0.39, 0.29) is 29.6 Å². The minimum atomic E-state index is -1.78. The second-order valence-corrected chi connectivity index (χ2v) is 13.6. The number of hydrogen-bond donors (Lipinski definition) is 1. The fraction of sp³-hybridized carbons (Fsp3) is 0.625. The summed E-state index contributed by atoms with van der Waals surface area (Å²) >= 11 is 0. The topological polar surface area (TPSA) is 85.3 Å². The Morgan fingerprint density at radius 3 is 2.74 bits per heavy atom. The summed E-state index contributed by atoms with van der Waals surface area (Å²) in [5, 5.41) is 13.0. The Morgan fingerprint density at radius 1 is 1.18 bits per heavy atom. The summed E-state index contributed by atoms with van der Waals surface area (Å²) in [5.41, 5.74) is 0.506. The molecule has 1 spiro atoms. The van der Waals surface area contributed by atoms with Crippen molar-refractivity contribution in [3.63, 3.8) is 0 Å². The van der Waals surface area contributed by atoms with Gasteiger partial charge in [0.25, 0.3) is 0 Å². The van der Waals surface area contributed by atoms with Crippen molar-refractivity contribution in [2.24, 2.45) is 28.6 Å². The minimum Gasteiger partial charge on any atom is -0.438 e. The van der Waals surface area contributed by atoms with Crippen LogP contribution in [-0.4, -0.2) is 53.7 Å². The molecule has 7 heteroatoms. The quantitative estimate of drug-likeness (QED) is 0.514. The highest BCUT2D eigenvalue weighted by molar-refractivity contribution is 5.95. The Balaban J connectivity index is 1.32. The zero-order chi connectivity index (χ0) is 27.5. The van der Waals surface area contributed by atoms with E-state index in [1.165, 1.54) is 0 Å². The molecule has 2 bridgehead atoms. The number of ketones is 1. The van der Waals surface area contributed by atoms with Gasteiger partial charge in [0.2, 0.25) is 0 Å². The van der Waals surface area contributed by atoms with E-state index < -0.39 is 35.1 Å². The number of aliphatic hydroxyl groups is 1. The van der Waals surface area contributed by atoms with Crippen molar-refractivity contribution in [1.29, 1.82) is 0 Å². The highest BCUT2D eigenvalue weighted by atomic mass is 16.7. The van der Waals surface area contributed by atoms with Gasteiger partial charge in [0.15, 0.2) is 23.3 Å². The van der Waals surface area contributed by atoms with Crippen LogP contribution in [0.3, 0.4) is 0 Å². The molecule has 2 saturated carbocycles. The van der Waals surface area contributed by atoms with Crippen molar-refractivity contribution < 1.29 is 28.9 Å². The van der Waals surface area contributed by atoms with Gasteiger partial charge in [0.1, 0.15) is 6.10 Å². The van der Waals surface area contributed by atoms with Gasteiger partial charge in [-0.3, -0.25) is 9.69 Å². The lowest BCUT2D eigenvalue weighted by Crippen LogP contribution is -2.67. The fourth-order valence-corrected chi connectivity index (χ4v) is 8.81. The SMILES string of the molecule is CC1=C[C@@]23CC[C@@H]4[C@@H]([C@H](C=C5COC(C)(C)O[C@H]5[C@]2(O)[C@H]1OC(=O)N1CCCc2ccccc21)C3=O)C4(C)C. The predicted molar refractivity (Wildman–Crippen MR) is 145 cm³/mol. The van der Waals surface area contributed by atoms with Crippen molar-refractivity contribution in [3.05, 3.63) is 53.1 Å². The van der Waals surface area contributed by atoms with E-state index in [1.54, 1.807) is 4.90 Å². The maximum atomic E-state index is 14.6. The number of nitrogens with zero attached hydrogens (tertiary/aromatic N) is 1. The molecule has 0 radical (unpaired) electrons. The van der Waals surface area contributed by atoms with E-state index in [4.69, 9.17) is 14.2 Å². The fourth-order valence-electron chi connectivity index (χ4n) is 8.81. The summed E-state index contributed by atoms with van der Waals surface area (Å²) < 4.78 is 18.8. The second kappa shape index (κ2) is 8.05. The van der Waals surface area contributed by atoms with E-state index in [0.29, 0.717) is 24.5 Å². The van der Waals surface area contributed by atoms with Crippen LogP contribution in [0.15, 0.2) is 47.6 Å². The molecule has 1 aromatic rings. The van der Waals surface area contributed by atoms with Gasteiger partial charge in [-0.1, -0.05) is 44.2 Å². The third-order valence-corrected chi connectivity index (χ3v) is 10.8. The molecule has 208 valence electrons. The van der Waals surface area contributed by atoms with Gasteiger partial charge in [0, 0.05) is 12.5 Å². The van der Waals surface area contributed by atoms with Gasteiger partial charge in [-0.25, -0.2) is 4.79 Å². The molecule has 4 aliphatic carbocycles. The third-order valence-electron chi connectivity index (χ3n) is 10.8. The molecule has 7 rings (SSSR count). The number of ether oxygens (including phenoxy) is 3. The number of benzene rings is 1. The summed E-state index contributed by atoms with van der Waals surface area (Å²) in [6.07, 6.45) is 4.66. The molecule has 6 aliphatic rings. The number of aryl methyl sites for hydroxylation is 1. The average Bonchev–Trinajstić information content (AvgIpc) is 3.43. The number of carbonyl (C=O) groups is 2. The molecule has 1 aromatic carbocycles. The van der Waals surface area contributed by atoms with Crippen molar-refractivity contribution >= 4 is 17.6 Å². The number of fused-ring (bicyclic) bond motifs is 6. The number of anilines is 1. The number of hydrogen-bond acceptors (Lipinski definition) is 6. The zero-order valence-electron chi connectivity index (χ0n) is 23.5. The first-order valence-corrected chi connectivity index (χ1v) is 14.5. The maximum Gasteiger partial charge on any atom is 0.414 e. The molecule has 39 heavy (non-hydrogen) atoms. The summed E-state index contributed by atoms with van der Waals surface area (Å²) in [7, 11) is 0. The van der Waals surface area contributed by atoms with Gasteiger partial charge < -0.3 is 19.3 Å². The molecular weight excluding hydrogens is 494 g/mol. The molecule has 1 saturated heterocycles. The molecule has 7 atom stereocenters. The molecular formula is C32H39NO6. The lowest BCUT2D eigenvalue weighted by molar-refractivity contribution is -0.300. The molecule has 0 aromatic heterocycles. The van der Waals surface area contributed by atoms with Gasteiger partial charge in [-0.15, -0.1) is 0 Å². The smallest absolute Gasteiger partial charge is 0.414 e. The van der Waals surface area contributed by atoms with Crippen LogP contribution < -0.4 is 4.90 Å². The number of Topliss-reactive ketones (excluding diaryl/α,β-unsaturated/α-hetero) is 1. The van der Waals surface area contributed by atoms with Crippen LogP contribution in [0.1, 0.15) is 59.4 Å². The van der Waals surface area contributed by atoms with Crippen LogP contribution in [0, 0.1) is 28.6 Å². The normalized spacial score (nSPS) is 41.0. The van der Waals surface area contributed by atoms with Crippen LogP contribution in [0.4, 0.5) is 10.5 Å². The third kappa shape index (κ3) is 3.33. The monoisotopic (exact) mass is 533 g/mol. The predicted octanol–water partition coefficient (Wildman–Crippen LogP) is 4.96. The summed E-state index contributed by atoms with van der Waals surface area (Å²) in [6, 6.07) is 7.88. The Bertz CT molecular complexity index is 1330. The Kier molecular flexibility index (Phi) is 5.26. The lowest BCUT2D eigenvalue weighted by Gasteiger charge is -2.51. The number of carbonyl (C=O) groups excluding carboxylic acids is 2. The highest BCUT2D eigenvalue weighted by Gasteiger charge is 2.75. The number of amides is 1. The van der Waals surface area contributed by atoms with Crippen molar-refractivity contribution in [2.45, 2.75) is 83.9 Å². The summed E-state index contributed by atoms with van der Waals surface area (Å²) in [5.74, 6) is -0.651. The molecule has 1 N–H and O–H groups in total. The molecule has 2 heterocycles.